The van der Waals surface area contributed by atoms with Crippen molar-refractivity contribution >= 4 is 22.1 Å². The van der Waals surface area contributed by atoms with Gasteiger partial charge in [-0.25, -0.2) is 13.8 Å². The van der Waals surface area contributed by atoms with Gasteiger partial charge in [0.05, 0.1) is 19.0 Å². The molecule has 1 aliphatic carbocycles. The van der Waals surface area contributed by atoms with Crippen molar-refractivity contribution < 1.29 is 18.3 Å². The highest BCUT2D eigenvalue weighted by Gasteiger charge is 2.29. The second kappa shape index (κ2) is 8.25. The van der Waals surface area contributed by atoms with Crippen LogP contribution < -0.4 is 5.43 Å². The lowest BCUT2D eigenvalue weighted by Gasteiger charge is -2.31. The van der Waals surface area contributed by atoms with Crippen LogP contribution in [0.15, 0.2) is 29.4 Å². The van der Waals surface area contributed by atoms with Crippen LogP contribution in [0.3, 0.4) is 0 Å². The third-order valence-corrected chi connectivity index (χ3v) is 5.32. The van der Waals surface area contributed by atoms with Crippen LogP contribution in [-0.2, 0) is 14.8 Å². The molecule has 0 spiro atoms. The highest BCUT2D eigenvalue weighted by molar-refractivity contribution is 7.88. The van der Waals surface area contributed by atoms with E-state index in [9.17, 15) is 18.3 Å². The number of benzene rings is 1. The van der Waals surface area contributed by atoms with Crippen molar-refractivity contribution in [2.24, 2.45) is 5.10 Å². The van der Waals surface area contributed by atoms with Crippen molar-refractivity contribution in [3.63, 3.8) is 0 Å². The van der Waals surface area contributed by atoms with E-state index in [1.807, 2.05) is 0 Å². The number of aromatic hydroxyl groups is 1. The van der Waals surface area contributed by atoms with Gasteiger partial charge in [0.25, 0.3) is 5.91 Å². The summed E-state index contributed by atoms with van der Waals surface area (Å²) in [6.45, 7) is -0.248. The third-order valence-electron chi connectivity index (χ3n) is 4.04. The lowest BCUT2D eigenvalue weighted by molar-refractivity contribution is -0.121. The van der Waals surface area contributed by atoms with Crippen molar-refractivity contribution in [3.8, 4) is 5.75 Å². The molecule has 2 rings (SSSR count). The van der Waals surface area contributed by atoms with Gasteiger partial charge in [-0.2, -0.15) is 9.41 Å². The van der Waals surface area contributed by atoms with Crippen LogP contribution in [0.4, 0.5) is 0 Å². The monoisotopic (exact) mass is 353 g/mol. The molecule has 2 N–H and O–H groups in total. The summed E-state index contributed by atoms with van der Waals surface area (Å²) in [5.74, 6) is -0.451. The van der Waals surface area contributed by atoms with Gasteiger partial charge >= 0.3 is 0 Å². The third kappa shape index (κ3) is 5.31. The molecule has 0 unspecified atom stereocenters. The van der Waals surface area contributed by atoms with Crippen LogP contribution in [0.2, 0.25) is 0 Å². The molecular formula is C16H23N3O4S. The molecule has 0 atom stereocenters. The van der Waals surface area contributed by atoms with Crippen LogP contribution in [0.1, 0.15) is 37.7 Å². The molecule has 0 heterocycles. The number of phenols is 1. The van der Waals surface area contributed by atoms with E-state index in [1.165, 1.54) is 16.6 Å². The first-order chi connectivity index (χ1) is 11.4. The minimum Gasteiger partial charge on any atom is -0.507 e. The number of nitrogens with one attached hydrogen (secondary N) is 1. The Balaban J connectivity index is 1.96. The van der Waals surface area contributed by atoms with E-state index in [2.05, 4.69) is 10.5 Å². The van der Waals surface area contributed by atoms with Gasteiger partial charge in [-0.3, -0.25) is 4.79 Å². The lowest BCUT2D eigenvalue weighted by atomic mass is 9.95. The Morgan fingerprint density at radius 1 is 1.33 bits per heavy atom. The Morgan fingerprint density at radius 2 is 2.00 bits per heavy atom. The molecule has 132 valence electrons. The number of hydrazone groups is 1. The quantitative estimate of drug-likeness (QED) is 0.597. The normalized spacial score (nSPS) is 16.6. The minimum absolute atomic E-state index is 0.0514. The van der Waals surface area contributed by atoms with E-state index in [4.69, 9.17) is 0 Å². The fourth-order valence-corrected chi connectivity index (χ4v) is 3.94. The Kier molecular flexibility index (Phi) is 6.33. The zero-order valence-electron chi connectivity index (χ0n) is 13.7. The standard InChI is InChI=1S/C16H23N3O4S/c1-24(22,23)19(14-8-3-2-4-9-14)12-16(21)18-17-11-13-7-5-6-10-15(13)20/h5-7,10-11,14,20H,2-4,8-9,12H2,1H3,(H,18,21)/b17-11+. The molecule has 24 heavy (non-hydrogen) atoms. The van der Waals surface area contributed by atoms with Gasteiger partial charge in [-0.1, -0.05) is 31.4 Å². The number of carbonyl (C=O) groups is 1. The topological polar surface area (TPSA) is 99.1 Å². The van der Waals surface area contributed by atoms with Crippen molar-refractivity contribution in [2.75, 3.05) is 12.8 Å². The van der Waals surface area contributed by atoms with Gasteiger partial charge in [0.2, 0.25) is 10.0 Å². The fourth-order valence-electron chi connectivity index (χ4n) is 2.83. The number of phenolic OH excluding ortho intramolecular Hbond substituents is 1. The summed E-state index contributed by atoms with van der Waals surface area (Å²) in [6.07, 6.45) is 7.06. The number of para-hydroxylation sites is 1. The summed E-state index contributed by atoms with van der Waals surface area (Å²) in [4.78, 5) is 12.0. The molecule has 1 aromatic rings. The van der Waals surface area contributed by atoms with E-state index >= 15 is 0 Å². The summed E-state index contributed by atoms with van der Waals surface area (Å²) in [6, 6.07) is 6.45. The van der Waals surface area contributed by atoms with Crippen molar-refractivity contribution in [2.45, 2.75) is 38.1 Å². The molecule has 0 aromatic heterocycles. The maximum absolute atomic E-state index is 12.0. The molecule has 0 saturated heterocycles. The van der Waals surface area contributed by atoms with Gasteiger partial charge in [0, 0.05) is 11.6 Å². The minimum atomic E-state index is -3.46. The average molecular weight is 353 g/mol. The molecule has 0 aliphatic heterocycles. The largest absolute Gasteiger partial charge is 0.507 e. The number of hydrogen-bond donors (Lipinski definition) is 2. The SMILES string of the molecule is CS(=O)(=O)N(CC(=O)N/N=C/c1ccccc1O)C1CCCCC1. The second-order valence-electron chi connectivity index (χ2n) is 5.95. The molecule has 1 amide bonds. The van der Waals surface area contributed by atoms with Crippen molar-refractivity contribution in [1.29, 1.82) is 0 Å². The predicted octanol–water partition coefficient (Wildman–Crippen LogP) is 1.44. The molecule has 7 nitrogen and oxygen atoms in total. The Labute approximate surface area is 142 Å². The summed E-state index contributed by atoms with van der Waals surface area (Å²) in [7, 11) is -3.46. The first-order valence-electron chi connectivity index (χ1n) is 7.94. The molecule has 1 aromatic carbocycles. The molecule has 0 bridgehead atoms. The molecule has 1 aliphatic rings. The van der Waals surface area contributed by atoms with Gasteiger partial charge in [-0.05, 0) is 25.0 Å². The van der Waals surface area contributed by atoms with Crippen LogP contribution >= 0.6 is 0 Å². The maximum Gasteiger partial charge on any atom is 0.255 e. The summed E-state index contributed by atoms with van der Waals surface area (Å²) in [5, 5.41) is 13.4. The van der Waals surface area contributed by atoms with Crippen LogP contribution in [0.25, 0.3) is 0 Å². The Hall–Kier alpha value is -1.93. The smallest absolute Gasteiger partial charge is 0.255 e. The van der Waals surface area contributed by atoms with Crippen LogP contribution in [0, 0.1) is 0 Å². The first kappa shape index (κ1) is 18.4. The summed E-state index contributed by atoms with van der Waals surface area (Å²) >= 11 is 0. The lowest BCUT2D eigenvalue weighted by Crippen LogP contribution is -2.45. The van der Waals surface area contributed by atoms with Gasteiger partial charge in [0.15, 0.2) is 0 Å². The van der Waals surface area contributed by atoms with E-state index in [0.29, 0.717) is 5.56 Å². The molecule has 1 saturated carbocycles. The second-order valence-corrected chi connectivity index (χ2v) is 7.89. The zero-order valence-corrected chi connectivity index (χ0v) is 14.5. The Morgan fingerprint density at radius 3 is 2.62 bits per heavy atom. The number of amides is 1. The number of rotatable bonds is 6. The first-order valence-corrected chi connectivity index (χ1v) is 9.79. The Bertz CT molecular complexity index is 697. The molecule has 1 fully saturated rings. The fraction of sp³-hybridized carbons (Fsp3) is 0.500. The molecule has 0 radical (unpaired) electrons. The number of sulfonamides is 1. The molecular weight excluding hydrogens is 330 g/mol. The predicted molar refractivity (Wildman–Crippen MR) is 92.3 cm³/mol. The van der Waals surface area contributed by atoms with Crippen molar-refractivity contribution in [1.82, 2.24) is 9.73 Å². The number of hydrogen-bond acceptors (Lipinski definition) is 5. The van der Waals surface area contributed by atoms with Crippen LogP contribution in [-0.4, -0.2) is 48.8 Å². The van der Waals surface area contributed by atoms with Crippen LogP contribution in [0.5, 0.6) is 5.75 Å². The van der Waals surface area contributed by atoms with E-state index in [1.54, 1.807) is 18.2 Å². The van der Waals surface area contributed by atoms with E-state index in [-0.39, 0.29) is 18.3 Å². The molecule has 8 heteroatoms. The van der Waals surface area contributed by atoms with Gasteiger partial charge in [-0.15, -0.1) is 0 Å². The summed E-state index contributed by atoms with van der Waals surface area (Å²) < 4.78 is 25.2. The maximum atomic E-state index is 12.0. The average Bonchev–Trinajstić information content (AvgIpc) is 2.54. The number of carbonyl (C=O) groups excluding carboxylic acids is 1. The highest BCUT2D eigenvalue weighted by atomic mass is 32.2. The summed E-state index contributed by atoms with van der Waals surface area (Å²) in [5.41, 5.74) is 2.78. The van der Waals surface area contributed by atoms with Gasteiger partial charge < -0.3 is 5.11 Å². The van der Waals surface area contributed by atoms with Crippen molar-refractivity contribution in [3.05, 3.63) is 29.8 Å². The van der Waals surface area contributed by atoms with E-state index < -0.39 is 15.9 Å². The van der Waals surface area contributed by atoms with E-state index in [0.717, 1.165) is 38.4 Å². The highest BCUT2D eigenvalue weighted by Crippen LogP contribution is 2.24. The number of nitrogens with zero attached hydrogens (tertiary/aromatic N) is 2. The zero-order chi connectivity index (χ0) is 17.6. The van der Waals surface area contributed by atoms with Gasteiger partial charge in [0.1, 0.15) is 5.75 Å².